The van der Waals surface area contributed by atoms with Gasteiger partial charge < -0.3 is 10.5 Å². The number of nitrogens with zero attached hydrogens (tertiary/aromatic N) is 4. The minimum absolute atomic E-state index is 0. The van der Waals surface area contributed by atoms with Gasteiger partial charge in [-0.15, -0.1) is 17.5 Å². The second-order valence-corrected chi connectivity index (χ2v) is 4.88. The van der Waals surface area contributed by atoms with Gasteiger partial charge in [0.15, 0.2) is 0 Å². The molecule has 0 saturated heterocycles. The summed E-state index contributed by atoms with van der Waals surface area (Å²) in [5.41, 5.74) is 6.78. The molecule has 0 aliphatic carbocycles. The maximum Gasteiger partial charge on any atom is 0.145 e. The first kappa shape index (κ1) is 16.9. The normalized spacial score (nSPS) is 10.2. The number of aromatic nitrogens is 4. The Balaban J connectivity index is 0.00000220. The highest BCUT2D eigenvalue weighted by Gasteiger charge is 2.10. The van der Waals surface area contributed by atoms with Crippen LogP contribution in [-0.4, -0.2) is 32.6 Å². The van der Waals surface area contributed by atoms with E-state index in [0.717, 1.165) is 6.42 Å². The van der Waals surface area contributed by atoms with Gasteiger partial charge in [0.25, 0.3) is 0 Å². The summed E-state index contributed by atoms with van der Waals surface area (Å²) in [6.45, 7) is 4.90. The van der Waals surface area contributed by atoms with Crippen molar-refractivity contribution in [2.75, 3.05) is 6.61 Å². The standard InChI is InChI=1S/C13H18N6O.ClH/c1-9(2)5-6-20-12-4-3-10(13(14)15)7-11(12)19-8-16-17-18-19;/h3-4,7-9H,5-6H2,1-2H3,(H3,14,15);1H. The Hall–Kier alpha value is -2.15. The molecule has 0 bridgehead atoms. The molecule has 0 radical (unpaired) electrons. The summed E-state index contributed by atoms with van der Waals surface area (Å²) in [6, 6.07) is 5.28. The van der Waals surface area contributed by atoms with Crippen LogP contribution in [0.25, 0.3) is 5.69 Å². The van der Waals surface area contributed by atoms with E-state index in [-0.39, 0.29) is 18.2 Å². The number of ether oxygens (including phenoxy) is 1. The minimum atomic E-state index is -0.00643. The SMILES string of the molecule is CC(C)CCOc1ccc(C(=N)N)cc1-n1cnnn1.Cl. The van der Waals surface area contributed by atoms with Crippen LogP contribution in [0.3, 0.4) is 0 Å². The van der Waals surface area contributed by atoms with Crippen molar-refractivity contribution in [3.05, 3.63) is 30.1 Å². The van der Waals surface area contributed by atoms with Gasteiger partial charge in [0.1, 0.15) is 23.6 Å². The van der Waals surface area contributed by atoms with Crippen LogP contribution in [0.5, 0.6) is 5.75 Å². The average molecular weight is 311 g/mol. The Morgan fingerprint density at radius 3 is 2.76 bits per heavy atom. The molecule has 0 saturated carbocycles. The van der Waals surface area contributed by atoms with Gasteiger partial charge in [0.2, 0.25) is 0 Å². The lowest BCUT2D eigenvalue weighted by Gasteiger charge is -2.13. The second-order valence-electron chi connectivity index (χ2n) is 4.88. The molecule has 0 aliphatic heterocycles. The first-order valence-electron chi connectivity index (χ1n) is 6.42. The third-order valence-corrected chi connectivity index (χ3v) is 2.82. The molecule has 0 spiro atoms. The van der Waals surface area contributed by atoms with Crippen molar-refractivity contribution in [3.8, 4) is 11.4 Å². The Kier molecular flexibility index (Phi) is 6.10. The van der Waals surface area contributed by atoms with Crippen molar-refractivity contribution in [1.29, 1.82) is 5.41 Å². The zero-order chi connectivity index (χ0) is 14.5. The monoisotopic (exact) mass is 310 g/mol. The summed E-state index contributed by atoms with van der Waals surface area (Å²) >= 11 is 0. The zero-order valence-electron chi connectivity index (χ0n) is 12.0. The van der Waals surface area contributed by atoms with Crippen molar-refractivity contribution in [3.63, 3.8) is 0 Å². The highest BCUT2D eigenvalue weighted by molar-refractivity contribution is 5.95. The van der Waals surface area contributed by atoms with E-state index in [0.29, 0.717) is 29.5 Å². The molecule has 8 heteroatoms. The fraction of sp³-hybridized carbons (Fsp3) is 0.385. The molecule has 2 aromatic rings. The summed E-state index contributed by atoms with van der Waals surface area (Å²) < 4.78 is 7.28. The lowest BCUT2D eigenvalue weighted by atomic mass is 10.1. The van der Waals surface area contributed by atoms with Crippen LogP contribution in [-0.2, 0) is 0 Å². The largest absolute Gasteiger partial charge is 0.491 e. The van der Waals surface area contributed by atoms with Crippen LogP contribution in [0.15, 0.2) is 24.5 Å². The highest BCUT2D eigenvalue weighted by atomic mass is 35.5. The predicted molar refractivity (Wildman–Crippen MR) is 82.4 cm³/mol. The topological polar surface area (TPSA) is 103 Å². The third-order valence-electron chi connectivity index (χ3n) is 2.82. The van der Waals surface area contributed by atoms with E-state index in [1.807, 2.05) is 0 Å². The number of nitrogens with one attached hydrogen (secondary N) is 1. The van der Waals surface area contributed by atoms with E-state index in [4.69, 9.17) is 15.9 Å². The van der Waals surface area contributed by atoms with E-state index in [1.54, 1.807) is 18.2 Å². The number of hydrogen-bond donors (Lipinski definition) is 2. The molecule has 7 nitrogen and oxygen atoms in total. The summed E-state index contributed by atoms with van der Waals surface area (Å²) in [5.74, 6) is 1.24. The Morgan fingerprint density at radius 2 is 2.19 bits per heavy atom. The van der Waals surface area contributed by atoms with Gasteiger partial charge >= 0.3 is 0 Å². The van der Waals surface area contributed by atoms with Crippen molar-refractivity contribution in [1.82, 2.24) is 20.2 Å². The van der Waals surface area contributed by atoms with Crippen molar-refractivity contribution in [2.24, 2.45) is 11.7 Å². The second kappa shape index (κ2) is 7.58. The quantitative estimate of drug-likeness (QED) is 0.625. The third kappa shape index (κ3) is 4.42. The molecule has 0 fully saturated rings. The Labute approximate surface area is 129 Å². The van der Waals surface area contributed by atoms with Crippen LogP contribution < -0.4 is 10.5 Å². The van der Waals surface area contributed by atoms with E-state index < -0.39 is 0 Å². The lowest BCUT2D eigenvalue weighted by Crippen LogP contribution is -2.12. The van der Waals surface area contributed by atoms with Crippen molar-refractivity contribution >= 4 is 18.2 Å². The maximum atomic E-state index is 7.50. The van der Waals surface area contributed by atoms with Gasteiger partial charge in [-0.3, -0.25) is 5.41 Å². The smallest absolute Gasteiger partial charge is 0.145 e. The van der Waals surface area contributed by atoms with Gasteiger partial charge in [-0.1, -0.05) is 13.8 Å². The number of benzene rings is 1. The molecule has 0 atom stereocenters. The van der Waals surface area contributed by atoms with Crippen molar-refractivity contribution < 1.29 is 4.74 Å². The fourth-order valence-electron chi connectivity index (χ4n) is 1.66. The number of nitrogens with two attached hydrogens (primary N) is 1. The Bertz CT molecular complexity index is 584. The zero-order valence-corrected chi connectivity index (χ0v) is 12.8. The van der Waals surface area contributed by atoms with E-state index in [9.17, 15) is 0 Å². The van der Waals surface area contributed by atoms with E-state index >= 15 is 0 Å². The molecule has 1 aromatic heterocycles. The minimum Gasteiger partial charge on any atom is -0.491 e. The highest BCUT2D eigenvalue weighted by Crippen LogP contribution is 2.23. The van der Waals surface area contributed by atoms with E-state index in [2.05, 4.69) is 29.4 Å². The molecule has 1 heterocycles. The van der Waals surface area contributed by atoms with Gasteiger partial charge in [-0.25, -0.2) is 0 Å². The Morgan fingerprint density at radius 1 is 1.43 bits per heavy atom. The van der Waals surface area contributed by atoms with Crippen LogP contribution in [0.4, 0.5) is 0 Å². The molecule has 2 rings (SSSR count). The first-order valence-corrected chi connectivity index (χ1v) is 6.42. The first-order chi connectivity index (χ1) is 9.58. The number of tetrazole rings is 1. The molecule has 3 N–H and O–H groups in total. The van der Waals surface area contributed by atoms with Gasteiger partial charge in [0, 0.05) is 5.56 Å². The molecule has 0 amide bonds. The summed E-state index contributed by atoms with van der Waals surface area (Å²) in [6.07, 6.45) is 2.44. The van der Waals surface area contributed by atoms with Crippen LogP contribution in [0, 0.1) is 11.3 Å². The summed E-state index contributed by atoms with van der Waals surface area (Å²) in [5, 5.41) is 18.6. The van der Waals surface area contributed by atoms with E-state index in [1.165, 1.54) is 11.0 Å². The van der Waals surface area contributed by atoms with Crippen LogP contribution >= 0.6 is 12.4 Å². The molecule has 0 aliphatic rings. The number of hydrogen-bond acceptors (Lipinski definition) is 5. The molecule has 21 heavy (non-hydrogen) atoms. The number of amidine groups is 1. The lowest BCUT2D eigenvalue weighted by molar-refractivity contribution is 0.288. The van der Waals surface area contributed by atoms with Gasteiger partial charge in [0.05, 0.1) is 6.61 Å². The molecule has 114 valence electrons. The summed E-state index contributed by atoms with van der Waals surface area (Å²) in [4.78, 5) is 0. The van der Waals surface area contributed by atoms with Crippen LogP contribution in [0.2, 0.25) is 0 Å². The molecular weight excluding hydrogens is 292 g/mol. The number of nitrogen functional groups attached to an aromatic ring is 1. The fourth-order valence-corrected chi connectivity index (χ4v) is 1.66. The molecular formula is C13H19ClN6O. The number of halogens is 1. The average Bonchev–Trinajstić information content (AvgIpc) is 2.92. The maximum absolute atomic E-state index is 7.50. The number of rotatable bonds is 6. The molecule has 0 unspecified atom stereocenters. The predicted octanol–water partition coefficient (Wildman–Crippen LogP) is 1.79. The van der Waals surface area contributed by atoms with Crippen LogP contribution in [0.1, 0.15) is 25.8 Å². The van der Waals surface area contributed by atoms with Crippen molar-refractivity contribution in [2.45, 2.75) is 20.3 Å². The van der Waals surface area contributed by atoms with Gasteiger partial charge in [-0.05, 0) is 41.0 Å². The van der Waals surface area contributed by atoms with Gasteiger partial charge in [-0.2, -0.15) is 4.68 Å². The molecule has 1 aromatic carbocycles. The summed E-state index contributed by atoms with van der Waals surface area (Å²) in [7, 11) is 0.